The maximum Gasteiger partial charge on any atom is 0.339 e. The molecule has 0 aromatic heterocycles. The Morgan fingerprint density at radius 3 is 2.41 bits per heavy atom. The Hall–Kier alpha value is -3.21. The average molecular weight is 468 g/mol. The minimum Gasteiger partial charge on any atom is -0.493 e. The first-order valence-electron chi connectivity index (χ1n) is 10.8. The third-order valence-electron chi connectivity index (χ3n) is 6.25. The van der Waals surface area contributed by atoms with Crippen molar-refractivity contribution in [1.82, 2.24) is 0 Å². The van der Waals surface area contributed by atoms with Crippen molar-refractivity contribution in [2.45, 2.75) is 37.3 Å². The van der Waals surface area contributed by atoms with Crippen molar-refractivity contribution >= 4 is 16.7 Å². The molecule has 3 aromatic carbocycles. The van der Waals surface area contributed by atoms with Crippen LogP contribution in [-0.4, -0.2) is 70.8 Å². The molecular formula is C25H24O9. The lowest BCUT2D eigenvalue weighted by Crippen LogP contribution is -2.60. The molecule has 2 aliphatic heterocycles. The maximum atomic E-state index is 12.5. The number of rotatable bonds is 5. The van der Waals surface area contributed by atoms with Crippen molar-refractivity contribution in [3.63, 3.8) is 0 Å². The number of aliphatic hydroxyl groups is 4. The van der Waals surface area contributed by atoms with Crippen molar-refractivity contribution < 1.29 is 44.2 Å². The van der Waals surface area contributed by atoms with Crippen LogP contribution in [0.2, 0.25) is 0 Å². The largest absolute Gasteiger partial charge is 0.493 e. The first kappa shape index (κ1) is 22.6. The second-order valence-corrected chi connectivity index (χ2v) is 8.24. The summed E-state index contributed by atoms with van der Waals surface area (Å²) in [6, 6.07) is 14.6. The number of carbonyl (C=O) groups is 1. The van der Waals surface area contributed by atoms with Crippen LogP contribution in [0.3, 0.4) is 0 Å². The second kappa shape index (κ2) is 8.86. The first-order valence-corrected chi connectivity index (χ1v) is 10.8. The third kappa shape index (κ3) is 3.58. The molecule has 1 saturated heterocycles. The highest BCUT2D eigenvalue weighted by atomic mass is 16.7. The van der Waals surface area contributed by atoms with E-state index in [0.717, 1.165) is 16.7 Å². The van der Waals surface area contributed by atoms with E-state index >= 15 is 0 Å². The van der Waals surface area contributed by atoms with Crippen LogP contribution in [0.25, 0.3) is 21.9 Å². The van der Waals surface area contributed by atoms with Gasteiger partial charge in [0, 0.05) is 16.3 Å². The van der Waals surface area contributed by atoms with Crippen LogP contribution in [0.1, 0.15) is 15.9 Å². The maximum absolute atomic E-state index is 12.5. The minimum atomic E-state index is -1.61. The molecule has 0 radical (unpaired) electrons. The van der Waals surface area contributed by atoms with Gasteiger partial charge in [0.1, 0.15) is 31.0 Å². The van der Waals surface area contributed by atoms with Gasteiger partial charge in [0.15, 0.2) is 11.5 Å². The second-order valence-electron chi connectivity index (χ2n) is 8.24. The molecule has 2 heterocycles. The molecule has 3 aromatic rings. The van der Waals surface area contributed by atoms with Crippen molar-refractivity contribution in [3.8, 4) is 22.6 Å². The topological polar surface area (TPSA) is 135 Å². The van der Waals surface area contributed by atoms with Crippen LogP contribution in [0.4, 0.5) is 0 Å². The summed E-state index contributed by atoms with van der Waals surface area (Å²) in [5.41, 5.74) is 2.68. The monoisotopic (exact) mass is 468 g/mol. The van der Waals surface area contributed by atoms with E-state index in [1.54, 1.807) is 18.2 Å². The fourth-order valence-corrected chi connectivity index (χ4v) is 4.50. The third-order valence-corrected chi connectivity index (χ3v) is 6.25. The van der Waals surface area contributed by atoms with Crippen molar-refractivity contribution in [1.29, 1.82) is 0 Å². The number of benzene rings is 3. The number of aliphatic hydroxyl groups excluding tert-OH is 4. The van der Waals surface area contributed by atoms with Crippen molar-refractivity contribution in [2.24, 2.45) is 0 Å². The Morgan fingerprint density at radius 1 is 0.971 bits per heavy atom. The molecule has 0 unspecified atom stereocenters. The van der Waals surface area contributed by atoms with E-state index in [2.05, 4.69) is 0 Å². The average Bonchev–Trinajstić information content (AvgIpc) is 2.87. The molecule has 34 heavy (non-hydrogen) atoms. The molecule has 0 spiro atoms. The van der Waals surface area contributed by atoms with Crippen LogP contribution >= 0.6 is 0 Å². The molecule has 9 heteroatoms. The van der Waals surface area contributed by atoms with Gasteiger partial charge < -0.3 is 39.4 Å². The van der Waals surface area contributed by atoms with E-state index in [9.17, 15) is 25.2 Å². The summed E-state index contributed by atoms with van der Waals surface area (Å²) in [6.07, 6.45) is -7.31. The fraction of sp³-hybridized carbons (Fsp3) is 0.320. The lowest BCUT2D eigenvalue weighted by molar-refractivity contribution is -0.277. The van der Waals surface area contributed by atoms with E-state index in [0.29, 0.717) is 22.1 Å². The molecule has 0 bridgehead atoms. The molecule has 4 N–H and O–H groups in total. The molecule has 9 nitrogen and oxygen atoms in total. The summed E-state index contributed by atoms with van der Waals surface area (Å²) < 4.78 is 22.6. The van der Waals surface area contributed by atoms with Gasteiger partial charge in [-0.05, 0) is 23.3 Å². The van der Waals surface area contributed by atoms with Crippen molar-refractivity contribution in [3.05, 3.63) is 59.7 Å². The highest BCUT2D eigenvalue weighted by Gasteiger charge is 2.45. The Kier molecular flexibility index (Phi) is 5.88. The highest BCUT2D eigenvalue weighted by molar-refractivity contribution is 6.14. The van der Waals surface area contributed by atoms with Gasteiger partial charge in [0.05, 0.1) is 19.3 Å². The van der Waals surface area contributed by atoms with Gasteiger partial charge in [-0.25, -0.2) is 4.79 Å². The summed E-state index contributed by atoms with van der Waals surface area (Å²) >= 11 is 0. The normalized spacial score (nSPS) is 26.3. The number of hydrogen-bond acceptors (Lipinski definition) is 9. The molecule has 178 valence electrons. The van der Waals surface area contributed by atoms with Gasteiger partial charge in [-0.2, -0.15) is 0 Å². The standard InChI is InChI=1S/C25H24O9/c1-31-16-9-13-11-32-24(30)15-8-7-14(12-5-3-2-4-6-12)19(18(13)15)23(16)34-25-22(29)21(28)20(27)17(10-26)33-25/h2-9,17,20-22,25-29H,10-11H2,1H3/t17-,20+,21+,22-,25+/m1/s1. The summed E-state index contributed by atoms with van der Waals surface area (Å²) in [5.74, 6) is 0.00814. The molecule has 5 rings (SSSR count). The summed E-state index contributed by atoms with van der Waals surface area (Å²) in [7, 11) is 1.45. The number of carbonyl (C=O) groups excluding carboxylic acids is 1. The van der Waals surface area contributed by atoms with E-state index < -0.39 is 43.3 Å². The molecular weight excluding hydrogens is 444 g/mol. The molecule has 1 fully saturated rings. The van der Waals surface area contributed by atoms with Crippen LogP contribution in [0.5, 0.6) is 11.5 Å². The predicted octanol–water partition coefficient (Wildman–Crippen LogP) is 1.36. The SMILES string of the molecule is COc1cc2c3c(ccc(-c4ccccc4)c3c1O[C@@H]1O[C@H](CO)[C@H](O)[C@H](O)[C@H]1O)C(=O)OC2. The lowest BCUT2D eigenvalue weighted by Gasteiger charge is -2.40. The smallest absolute Gasteiger partial charge is 0.339 e. The van der Waals surface area contributed by atoms with Gasteiger partial charge in [-0.1, -0.05) is 36.4 Å². The van der Waals surface area contributed by atoms with E-state index in [1.807, 2.05) is 30.3 Å². The van der Waals surface area contributed by atoms with Crippen LogP contribution in [0.15, 0.2) is 48.5 Å². The number of cyclic esters (lactones) is 1. The van der Waals surface area contributed by atoms with E-state index in [-0.39, 0.29) is 12.4 Å². The number of hydrogen-bond donors (Lipinski definition) is 4. The zero-order valence-corrected chi connectivity index (χ0v) is 18.2. The highest BCUT2D eigenvalue weighted by Crippen LogP contribution is 2.47. The Bertz CT molecular complexity index is 1220. The summed E-state index contributed by atoms with van der Waals surface area (Å²) in [5, 5.41) is 41.6. The van der Waals surface area contributed by atoms with Crippen LogP contribution < -0.4 is 9.47 Å². The van der Waals surface area contributed by atoms with Crippen LogP contribution in [0, 0.1) is 0 Å². The van der Waals surface area contributed by atoms with E-state index in [4.69, 9.17) is 18.9 Å². The predicted molar refractivity (Wildman–Crippen MR) is 119 cm³/mol. The molecule has 0 aliphatic carbocycles. The molecule has 2 aliphatic rings. The summed E-state index contributed by atoms with van der Waals surface area (Å²) in [4.78, 5) is 12.5. The first-order chi connectivity index (χ1) is 16.4. The number of methoxy groups -OCH3 is 1. The number of esters is 1. The van der Waals surface area contributed by atoms with Crippen molar-refractivity contribution in [2.75, 3.05) is 13.7 Å². The number of ether oxygens (including phenoxy) is 4. The van der Waals surface area contributed by atoms with E-state index in [1.165, 1.54) is 7.11 Å². The zero-order chi connectivity index (χ0) is 24.0. The lowest BCUT2D eigenvalue weighted by atomic mass is 9.90. The van der Waals surface area contributed by atoms with Gasteiger partial charge in [-0.3, -0.25) is 0 Å². The van der Waals surface area contributed by atoms with Gasteiger partial charge in [-0.15, -0.1) is 0 Å². The van der Waals surface area contributed by atoms with Gasteiger partial charge in [0.25, 0.3) is 0 Å². The quantitative estimate of drug-likeness (QED) is 0.410. The summed E-state index contributed by atoms with van der Waals surface area (Å²) in [6.45, 7) is -0.538. The Morgan fingerprint density at radius 2 is 1.71 bits per heavy atom. The zero-order valence-electron chi connectivity index (χ0n) is 18.2. The minimum absolute atomic E-state index is 0.0528. The molecule has 5 atom stereocenters. The Balaban J connectivity index is 1.74. The molecule has 0 amide bonds. The Labute approximate surface area is 194 Å². The fourth-order valence-electron chi connectivity index (χ4n) is 4.50. The van der Waals surface area contributed by atoms with Crippen LogP contribution in [-0.2, 0) is 16.1 Å². The van der Waals surface area contributed by atoms with Gasteiger partial charge >= 0.3 is 5.97 Å². The van der Waals surface area contributed by atoms with Gasteiger partial charge in [0.2, 0.25) is 6.29 Å². The molecule has 0 saturated carbocycles.